The third kappa shape index (κ3) is 3.22. The Morgan fingerprint density at radius 3 is 2.71 bits per heavy atom. The minimum Gasteiger partial charge on any atom is -0.324 e. The number of unbranched alkanes of at least 4 members (excludes halogenated alkanes) is 2. The Morgan fingerprint density at radius 1 is 1.33 bits per heavy atom. The fraction of sp³-hybridized carbons (Fsp3) is 0.529. The quantitative estimate of drug-likeness (QED) is 0.533. The van der Waals surface area contributed by atoms with Crippen LogP contribution in [0.25, 0.3) is 11.0 Å². The van der Waals surface area contributed by atoms with Crippen molar-refractivity contribution in [2.75, 3.05) is 0 Å². The van der Waals surface area contributed by atoms with Crippen LogP contribution in [0.5, 0.6) is 0 Å². The van der Waals surface area contributed by atoms with Crippen molar-refractivity contribution in [3.8, 4) is 6.07 Å². The normalized spacial score (nSPS) is 14.0. The van der Waals surface area contributed by atoms with Gasteiger partial charge in [0, 0.05) is 6.04 Å². The minimum absolute atomic E-state index is 0.169. The molecule has 0 spiro atoms. The molecule has 1 aromatic heterocycles. The van der Waals surface area contributed by atoms with Crippen LogP contribution in [-0.2, 0) is 0 Å². The summed E-state index contributed by atoms with van der Waals surface area (Å²) >= 11 is 6.31. The number of imidazole rings is 1. The Bertz CT molecular complexity index is 652. The predicted molar refractivity (Wildman–Crippen MR) is 87.6 cm³/mol. The van der Waals surface area contributed by atoms with Crippen LogP contribution in [0.2, 0.25) is 0 Å². The summed E-state index contributed by atoms with van der Waals surface area (Å²) in [5.74, 6) is 0.860. The molecular weight excluding hydrogens is 282 g/mol. The van der Waals surface area contributed by atoms with Gasteiger partial charge in [0.05, 0.1) is 16.5 Å². The Kier molecular flexibility index (Phi) is 5.25. The molecule has 4 heteroatoms. The van der Waals surface area contributed by atoms with E-state index in [9.17, 15) is 5.26 Å². The number of aromatic nitrogens is 2. The molecule has 112 valence electrons. The second kappa shape index (κ2) is 6.95. The number of hydrogen-bond acceptors (Lipinski definition) is 2. The first-order chi connectivity index (χ1) is 10.1. The molecule has 0 N–H and O–H groups in total. The van der Waals surface area contributed by atoms with Gasteiger partial charge >= 0.3 is 0 Å². The zero-order valence-corrected chi connectivity index (χ0v) is 13.7. The number of hydrogen-bond donors (Lipinski definition) is 0. The fourth-order valence-corrected chi connectivity index (χ4v) is 2.94. The molecule has 0 aliphatic heterocycles. The summed E-state index contributed by atoms with van der Waals surface area (Å²) in [4.78, 5) is 4.64. The van der Waals surface area contributed by atoms with E-state index >= 15 is 0 Å². The molecule has 0 saturated heterocycles. The first-order valence-corrected chi connectivity index (χ1v) is 8.08. The zero-order chi connectivity index (χ0) is 15.4. The van der Waals surface area contributed by atoms with Crippen LogP contribution in [0, 0.1) is 11.3 Å². The zero-order valence-electron chi connectivity index (χ0n) is 12.9. The van der Waals surface area contributed by atoms with Gasteiger partial charge in [0.15, 0.2) is 0 Å². The summed E-state index contributed by atoms with van der Waals surface area (Å²) in [7, 11) is 0. The molecule has 0 aliphatic carbocycles. The van der Waals surface area contributed by atoms with Crippen molar-refractivity contribution in [3.63, 3.8) is 0 Å². The lowest BCUT2D eigenvalue weighted by molar-refractivity contribution is 0.472. The van der Waals surface area contributed by atoms with E-state index < -0.39 is 0 Å². The molecule has 2 rings (SSSR count). The number of para-hydroxylation sites is 1. The predicted octanol–water partition coefficient (Wildman–Crippen LogP) is 5.35. The lowest BCUT2D eigenvalue weighted by atomic mass is 10.1. The van der Waals surface area contributed by atoms with Crippen LogP contribution in [0.4, 0.5) is 0 Å². The molecule has 2 atom stereocenters. The molecule has 1 aromatic carbocycles. The summed E-state index contributed by atoms with van der Waals surface area (Å²) in [5, 5.41) is 9.09. The molecule has 0 saturated carbocycles. The van der Waals surface area contributed by atoms with Crippen molar-refractivity contribution in [2.24, 2.45) is 0 Å². The number of benzene rings is 1. The van der Waals surface area contributed by atoms with Crippen molar-refractivity contribution in [2.45, 2.75) is 57.9 Å². The SMILES string of the molecule is CCCCCC(C)n1c(C(C)Cl)nc2c(C#N)cccc21. The molecule has 1 heterocycles. The highest BCUT2D eigenvalue weighted by atomic mass is 35.5. The molecule has 0 aliphatic rings. The number of alkyl halides is 1. The van der Waals surface area contributed by atoms with E-state index in [4.69, 9.17) is 11.6 Å². The average Bonchev–Trinajstić information content (AvgIpc) is 2.87. The molecule has 0 bridgehead atoms. The number of fused-ring (bicyclic) bond motifs is 1. The lowest BCUT2D eigenvalue weighted by Crippen LogP contribution is -2.10. The van der Waals surface area contributed by atoms with Crippen LogP contribution in [-0.4, -0.2) is 9.55 Å². The van der Waals surface area contributed by atoms with Crippen LogP contribution in [0.3, 0.4) is 0 Å². The molecule has 21 heavy (non-hydrogen) atoms. The molecule has 2 unspecified atom stereocenters. The Morgan fingerprint density at radius 2 is 2.10 bits per heavy atom. The van der Waals surface area contributed by atoms with E-state index in [1.54, 1.807) is 0 Å². The highest BCUT2D eigenvalue weighted by molar-refractivity contribution is 6.20. The van der Waals surface area contributed by atoms with Crippen LogP contribution >= 0.6 is 11.6 Å². The lowest BCUT2D eigenvalue weighted by Gasteiger charge is -2.18. The van der Waals surface area contributed by atoms with Gasteiger partial charge in [-0.05, 0) is 32.4 Å². The Balaban J connectivity index is 2.49. The fourth-order valence-electron chi connectivity index (χ4n) is 2.79. The molecule has 0 amide bonds. The van der Waals surface area contributed by atoms with Gasteiger partial charge in [0.1, 0.15) is 17.4 Å². The number of nitrogens with zero attached hydrogens (tertiary/aromatic N) is 3. The summed E-state index contributed by atoms with van der Waals surface area (Å²) in [6.07, 6.45) is 4.76. The third-order valence-electron chi connectivity index (χ3n) is 3.89. The maximum absolute atomic E-state index is 9.25. The van der Waals surface area contributed by atoms with Gasteiger partial charge in [0.25, 0.3) is 0 Å². The molecule has 2 aromatic rings. The number of halogens is 1. The Labute approximate surface area is 131 Å². The first-order valence-electron chi connectivity index (χ1n) is 7.65. The molecule has 0 fully saturated rings. The van der Waals surface area contributed by atoms with Crippen LogP contribution in [0.15, 0.2) is 18.2 Å². The van der Waals surface area contributed by atoms with E-state index in [-0.39, 0.29) is 5.38 Å². The third-order valence-corrected chi connectivity index (χ3v) is 4.09. The van der Waals surface area contributed by atoms with Crippen molar-refractivity contribution >= 4 is 22.6 Å². The van der Waals surface area contributed by atoms with E-state index in [1.165, 1.54) is 19.3 Å². The van der Waals surface area contributed by atoms with Crippen molar-refractivity contribution < 1.29 is 0 Å². The Hall–Kier alpha value is -1.53. The molecule has 0 radical (unpaired) electrons. The van der Waals surface area contributed by atoms with Gasteiger partial charge < -0.3 is 4.57 Å². The summed E-state index contributed by atoms with van der Waals surface area (Å²) in [6.45, 7) is 6.35. The topological polar surface area (TPSA) is 41.6 Å². The largest absolute Gasteiger partial charge is 0.324 e. The summed E-state index contributed by atoms with van der Waals surface area (Å²) < 4.78 is 2.21. The first kappa shape index (κ1) is 15.9. The van der Waals surface area contributed by atoms with E-state index in [1.807, 2.05) is 25.1 Å². The molecular formula is C17H22ClN3. The molecule has 3 nitrogen and oxygen atoms in total. The maximum Gasteiger partial charge on any atom is 0.128 e. The monoisotopic (exact) mass is 303 g/mol. The van der Waals surface area contributed by atoms with E-state index in [2.05, 4.69) is 29.5 Å². The van der Waals surface area contributed by atoms with Crippen LogP contribution in [0.1, 0.15) is 69.3 Å². The highest BCUT2D eigenvalue weighted by Crippen LogP contribution is 2.31. The van der Waals surface area contributed by atoms with E-state index in [0.717, 1.165) is 23.3 Å². The smallest absolute Gasteiger partial charge is 0.128 e. The second-order valence-electron chi connectivity index (χ2n) is 5.59. The average molecular weight is 304 g/mol. The van der Waals surface area contributed by atoms with Gasteiger partial charge in [0.2, 0.25) is 0 Å². The van der Waals surface area contributed by atoms with Crippen molar-refractivity contribution in [3.05, 3.63) is 29.6 Å². The summed E-state index contributed by atoms with van der Waals surface area (Å²) in [5.41, 5.74) is 2.40. The standard InChI is InChI=1S/C17H22ClN3/c1-4-5-6-8-12(2)21-15-10-7-9-14(11-19)16(15)20-17(21)13(3)18/h7,9-10,12-13H,4-6,8H2,1-3H3. The van der Waals surface area contributed by atoms with Crippen LogP contribution < -0.4 is 0 Å². The number of nitriles is 1. The van der Waals surface area contributed by atoms with Crippen molar-refractivity contribution in [1.29, 1.82) is 5.26 Å². The van der Waals surface area contributed by atoms with Gasteiger partial charge in [-0.1, -0.05) is 32.3 Å². The van der Waals surface area contributed by atoms with Crippen molar-refractivity contribution in [1.82, 2.24) is 9.55 Å². The van der Waals surface area contributed by atoms with Gasteiger partial charge in [-0.25, -0.2) is 4.98 Å². The highest BCUT2D eigenvalue weighted by Gasteiger charge is 2.20. The maximum atomic E-state index is 9.25. The summed E-state index contributed by atoms with van der Waals surface area (Å²) in [6, 6.07) is 8.32. The number of rotatable bonds is 6. The van der Waals surface area contributed by atoms with Gasteiger partial charge in [-0.2, -0.15) is 5.26 Å². The van der Waals surface area contributed by atoms with Gasteiger partial charge in [-0.15, -0.1) is 11.6 Å². The van der Waals surface area contributed by atoms with Gasteiger partial charge in [-0.3, -0.25) is 0 Å². The minimum atomic E-state index is -0.169. The van der Waals surface area contributed by atoms with E-state index in [0.29, 0.717) is 11.6 Å². The second-order valence-corrected chi connectivity index (χ2v) is 6.24.